The Hall–Kier alpha value is -10.4. The summed E-state index contributed by atoms with van der Waals surface area (Å²) in [6.45, 7) is 32.3. The van der Waals surface area contributed by atoms with Gasteiger partial charge in [0.25, 0.3) is 0 Å². The number of phenols is 2. The topological polar surface area (TPSA) is 271 Å². The number of nitrogens with zero attached hydrogens (tertiary/aromatic N) is 13. The highest BCUT2D eigenvalue weighted by atomic mass is 19.1. The SMILES string of the molecule is CCCCN(C)Cc1cn(CCCC(O)CC)nc1-c1ccc(F)cc1.CCCCN(C)Cc1cn[nH]c1-c1ccc(C)cc1C.CCCCN(C)Cc1cn[nH]c1-c1ccc(CO)cc1.CCCCN(C)Cc1cn[nH]c1-c1ccc(O)cc1.CCCCN(C)Cc1cn[nH]c1-c1ccc(OC)cc1.CCCCN(C)Cc1cn[nH]c1-c1cccc(O)c1. The smallest absolute Gasteiger partial charge is 0.123 e. The number of unbranched alkanes of at least 4 members (excludes halogenated alkanes) is 6. The molecule has 0 amide bonds. The zero-order valence-electron chi connectivity index (χ0n) is 77.2. The predicted molar refractivity (Wildman–Crippen MR) is 506 cm³/mol. The first-order chi connectivity index (χ1) is 60.0. The summed E-state index contributed by atoms with van der Waals surface area (Å²) in [6, 6.07) is 43.6. The van der Waals surface area contributed by atoms with Gasteiger partial charge in [-0.05, 0) is 255 Å². The number of ether oxygens (including phenoxy) is 1. The van der Waals surface area contributed by atoms with Gasteiger partial charge in [-0.25, -0.2) is 4.39 Å². The number of benzene rings is 6. The normalized spacial score (nSPS) is 11.5. The van der Waals surface area contributed by atoms with Crippen LogP contribution in [0.3, 0.4) is 0 Å². The van der Waals surface area contributed by atoms with E-state index >= 15 is 0 Å². The Labute approximate surface area is 738 Å². The molecule has 1 unspecified atom stereocenters. The van der Waals surface area contributed by atoms with Gasteiger partial charge in [0.2, 0.25) is 0 Å². The summed E-state index contributed by atoms with van der Waals surface area (Å²) >= 11 is 0. The summed E-state index contributed by atoms with van der Waals surface area (Å²) in [4.78, 5) is 13.9. The van der Waals surface area contributed by atoms with Crippen molar-refractivity contribution in [2.45, 2.75) is 217 Å². The molecule has 124 heavy (non-hydrogen) atoms. The second-order valence-corrected chi connectivity index (χ2v) is 32.9. The lowest BCUT2D eigenvalue weighted by molar-refractivity contribution is 0.155. The second-order valence-electron chi connectivity index (χ2n) is 32.9. The molecule has 9 N–H and O–H groups in total. The minimum Gasteiger partial charge on any atom is -0.508 e. The van der Waals surface area contributed by atoms with Gasteiger partial charge in [0.05, 0.1) is 85.0 Å². The predicted octanol–water partition coefficient (Wildman–Crippen LogP) is 20.5. The van der Waals surface area contributed by atoms with Crippen molar-refractivity contribution in [2.75, 3.05) is 88.7 Å². The number of methoxy groups -OCH3 is 1. The van der Waals surface area contributed by atoms with Crippen LogP contribution in [0.5, 0.6) is 17.2 Å². The number of aryl methyl sites for hydroxylation is 3. The van der Waals surface area contributed by atoms with Crippen LogP contribution in [0.1, 0.15) is 195 Å². The van der Waals surface area contributed by atoms with E-state index in [-0.39, 0.29) is 30.0 Å². The number of hydrogen-bond donors (Lipinski definition) is 9. The van der Waals surface area contributed by atoms with Crippen LogP contribution >= 0.6 is 0 Å². The van der Waals surface area contributed by atoms with Gasteiger partial charge in [-0.2, -0.15) is 30.6 Å². The van der Waals surface area contributed by atoms with Crippen molar-refractivity contribution in [3.05, 3.63) is 233 Å². The van der Waals surface area contributed by atoms with Crippen molar-refractivity contribution >= 4 is 0 Å². The van der Waals surface area contributed by atoms with Gasteiger partial charge in [0.1, 0.15) is 23.1 Å². The molecule has 6 heterocycles. The number of aromatic nitrogens is 12. The van der Waals surface area contributed by atoms with E-state index in [2.05, 4.69) is 215 Å². The van der Waals surface area contributed by atoms with Gasteiger partial charge in [-0.3, -0.25) is 30.2 Å². The second kappa shape index (κ2) is 55.7. The molecular weight excluding hydrogens is 1550 g/mol. The monoisotopic (exact) mass is 1700 g/mol. The van der Waals surface area contributed by atoms with Crippen molar-refractivity contribution in [2.24, 2.45) is 0 Å². The van der Waals surface area contributed by atoms with Gasteiger partial charge >= 0.3 is 0 Å². The highest BCUT2D eigenvalue weighted by molar-refractivity contribution is 5.69. The van der Waals surface area contributed by atoms with Crippen LogP contribution in [0.2, 0.25) is 0 Å². The summed E-state index contributed by atoms with van der Waals surface area (Å²) in [5.74, 6) is 1.19. The van der Waals surface area contributed by atoms with Gasteiger partial charge in [-0.1, -0.05) is 147 Å². The van der Waals surface area contributed by atoms with E-state index in [1.807, 2.05) is 103 Å². The average Bonchev–Trinajstić information content (AvgIpc) is 1.06. The number of H-pyrrole nitrogens is 5. The number of halogens is 1. The molecule has 0 aliphatic rings. The molecule has 12 aromatic rings. The van der Waals surface area contributed by atoms with E-state index < -0.39 is 0 Å². The molecule has 1 atom stereocenters. The van der Waals surface area contributed by atoms with Crippen molar-refractivity contribution < 1.29 is 29.6 Å². The number of aliphatic hydroxyl groups is 2. The first kappa shape index (κ1) is 101. The maximum Gasteiger partial charge on any atom is 0.123 e. The van der Waals surface area contributed by atoms with Crippen molar-refractivity contribution in [1.82, 2.24) is 90.2 Å². The molecule has 6 aromatic carbocycles. The lowest BCUT2D eigenvalue weighted by Gasteiger charge is -2.16. The fraction of sp³-hybridized carbons (Fsp3) is 0.460. The van der Waals surface area contributed by atoms with E-state index in [4.69, 9.17) is 14.9 Å². The number of aliphatic hydroxyl groups excluding tert-OH is 2. The van der Waals surface area contributed by atoms with E-state index in [1.165, 1.54) is 128 Å². The Morgan fingerprint density at radius 3 is 1.16 bits per heavy atom. The molecule has 0 bridgehead atoms. The lowest BCUT2D eigenvalue weighted by atomic mass is 10.0. The summed E-state index contributed by atoms with van der Waals surface area (Å²) in [5, 5.41) is 78.8. The first-order valence-electron chi connectivity index (χ1n) is 44.8. The highest BCUT2D eigenvalue weighted by Gasteiger charge is 2.19. The van der Waals surface area contributed by atoms with Crippen molar-refractivity contribution in [3.8, 4) is 84.8 Å². The van der Waals surface area contributed by atoms with Gasteiger partial charge < -0.3 is 54.6 Å². The minimum atomic E-state index is -0.234. The first-order valence-corrected chi connectivity index (χ1v) is 44.8. The lowest BCUT2D eigenvalue weighted by Crippen LogP contribution is -2.19. The molecule has 0 radical (unpaired) electrons. The van der Waals surface area contributed by atoms with Crippen LogP contribution in [-0.2, 0) is 52.4 Å². The van der Waals surface area contributed by atoms with Crippen molar-refractivity contribution in [3.63, 3.8) is 0 Å². The Bertz CT molecular complexity index is 4740. The minimum absolute atomic E-state index is 0.0792. The summed E-state index contributed by atoms with van der Waals surface area (Å²) in [5.41, 5.74) is 23.5. The fourth-order valence-corrected chi connectivity index (χ4v) is 14.3. The zero-order valence-corrected chi connectivity index (χ0v) is 77.2. The van der Waals surface area contributed by atoms with Crippen LogP contribution in [0.15, 0.2) is 177 Å². The number of nitrogens with one attached hydrogen (secondary N) is 5. The Morgan fingerprint density at radius 1 is 0.411 bits per heavy atom. The number of rotatable bonds is 43. The van der Waals surface area contributed by atoms with Crippen LogP contribution in [0.4, 0.5) is 4.39 Å². The van der Waals surface area contributed by atoms with Crippen LogP contribution in [-0.4, -0.2) is 205 Å². The summed E-state index contributed by atoms with van der Waals surface area (Å²) in [6.07, 6.45) is 28.4. The average molecular weight is 1700 g/mol. The molecule has 6 aromatic heterocycles. The van der Waals surface area contributed by atoms with Crippen molar-refractivity contribution in [1.29, 1.82) is 0 Å². The third-order valence-corrected chi connectivity index (χ3v) is 21.7. The molecule has 0 saturated carbocycles. The number of phenolic OH excluding ortho intramolecular Hbond substituents is 2. The third-order valence-electron chi connectivity index (χ3n) is 21.7. The molecule has 0 saturated heterocycles. The molecular formula is C100H145FN18O5. The number of hydrogen-bond acceptors (Lipinski definition) is 17. The molecule has 672 valence electrons. The van der Waals surface area contributed by atoms with Crippen LogP contribution < -0.4 is 4.74 Å². The Kier molecular flexibility index (Phi) is 45.3. The highest BCUT2D eigenvalue weighted by Crippen LogP contribution is 2.32. The largest absolute Gasteiger partial charge is 0.508 e. The van der Waals surface area contributed by atoms with Crippen LogP contribution in [0, 0.1) is 19.7 Å². The van der Waals surface area contributed by atoms with Gasteiger partial charge in [-0.15, -0.1) is 0 Å². The standard InChI is InChI=1S/C21H32FN3O.C17H25N3.2C16H23N3O.2C15H21N3O/c1-4-6-13-24(3)15-18-16-25(14-7-8-20(26)5-2)23-21(18)17-9-11-19(22)12-10-17;1-5-6-9-20(4)12-15-11-18-19-17(15)16-8-7-13(2)10-14(16)3;1-4-5-10-19(2)12-14-11-17-18-16(14)13-6-8-15(20-3)9-7-13;1-3-4-9-19(2)11-15-10-17-18-16(15)14-7-5-13(12-20)6-8-14;1-3-4-9-18(2)11-13-10-16-17-15(13)12-5-7-14(19)8-6-12;1-3-4-8-18(2)11-13-10-16-17-15(13)12-6-5-7-14(19)9-12/h9-12,16,20,26H,4-8,13-15H2,1-3H3;7-8,10-11H,5-6,9,12H2,1-4H3,(H,18,19);6-9,11H,4-5,10,12H2,1-3H3,(H,17,18);5-8,10,20H,3-4,9,11-12H2,1-2H3,(H,17,18);5-8,10,19H,3-4,9,11H2,1-2H3,(H,16,17);5-7,9-10,19H,3-4,8,11H2,1-2H3,(H,16,17). The Balaban J connectivity index is 0.000000205. The molecule has 12 rings (SSSR count). The third kappa shape index (κ3) is 34.6. The summed E-state index contributed by atoms with van der Waals surface area (Å²) < 4.78 is 20.4. The van der Waals surface area contributed by atoms with E-state index in [9.17, 15) is 19.7 Å². The molecule has 24 heteroatoms. The molecule has 0 aliphatic heterocycles. The zero-order chi connectivity index (χ0) is 89.6. The van der Waals surface area contributed by atoms with E-state index in [1.54, 1.807) is 43.5 Å². The van der Waals surface area contributed by atoms with Crippen LogP contribution in [0.25, 0.3) is 67.5 Å². The fourth-order valence-electron chi connectivity index (χ4n) is 14.3. The van der Waals surface area contributed by atoms with Gasteiger partial charge in [0, 0.05) is 113 Å². The van der Waals surface area contributed by atoms with E-state index in [0.717, 1.165) is 189 Å². The molecule has 0 aliphatic carbocycles. The maximum atomic E-state index is 13.3. The van der Waals surface area contributed by atoms with Gasteiger partial charge in [0.15, 0.2) is 0 Å². The number of aromatic hydroxyl groups is 2. The maximum absolute atomic E-state index is 13.3. The Morgan fingerprint density at radius 2 is 0.782 bits per heavy atom. The number of aromatic amines is 5. The molecule has 0 fully saturated rings. The van der Waals surface area contributed by atoms with E-state index in [0.29, 0.717) is 0 Å². The molecule has 0 spiro atoms. The quantitative estimate of drug-likeness (QED) is 0.0172. The summed E-state index contributed by atoms with van der Waals surface area (Å²) in [7, 11) is 14.5. The molecule has 23 nitrogen and oxygen atoms in total.